The Morgan fingerprint density at radius 1 is 1.19 bits per heavy atom. The molecule has 0 radical (unpaired) electrons. The second-order valence-electron chi connectivity index (χ2n) is 7.55. The predicted octanol–water partition coefficient (Wildman–Crippen LogP) is 5.22. The van der Waals surface area contributed by atoms with Gasteiger partial charge in [0.1, 0.15) is 11.6 Å². The minimum Gasteiger partial charge on any atom is -0.383 e. The summed E-state index contributed by atoms with van der Waals surface area (Å²) < 4.78 is 15.3. The van der Waals surface area contributed by atoms with Crippen LogP contribution in [0.4, 0.5) is 10.2 Å². The number of carbonyl (C=O) groups excluding carboxylic acids is 1. The number of aromatic nitrogens is 3. The average Bonchev–Trinajstić information content (AvgIpc) is 2.78. The first-order valence-electron chi connectivity index (χ1n) is 10.0. The number of hydrogen-bond acceptors (Lipinski definition) is 5. The fourth-order valence-electron chi connectivity index (χ4n) is 3.51. The number of pyridine rings is 3. The number of hydrogen-bond donors (Lipinski definition) is 1. The molecule has 0 spiro atoms. The monoisotopic (exact) mass is 493 g/mol. The van der Waals surface area contributed by atoms with Gasteiger partial charge in [0.15, 0.2) is 0 Å². The zero-order valence-electron chi connectivity index (χ0n) is 17.6. The van der Waals surface area contributed by atoms with Crippen LogP contribution in [0.3, 0.4) is 0 Å². The summed E-state index contributed by atoms with van der Waals surface area (Å²) in [5, 5.41) is 0.806. The Bertz CT molecular complexity index is 1300. The molecule has 1 atom stereocenters. The van der Waals surface area contributed by atoms with Crippen molar-refractivity contribution in [3.8, 4) is 0 Å². The molecule has 3 heterocycles. The van der Waals surface area contributed by atoms with Crippen molar-refractivity contribution < 1.29 is 9.18 Å². The number of benzene rings is 1. The number of nitrogen functional groups attached to an aromatic ring is 1. The Morgan fingerprint density at radius 3 is 2.72 bits per heavy atom. The predicted molar refractivity (Wildman–Crippen MR) is 125 cm³/mol. The van der Waals surface area contributed by atoms with Crippen molar-refractivity contribution in [2.24, 2.45) is 0 Å². The summed E-state index contributed by atoms with van der Waals surface area (Å²) in [6.45, 7) is 3.82. The molecular formula is C24H21BrFN5O. The third kappa shape index (κ3) is 4.45. The largest absolute Gasteiger partial charge is 0.383 e. The third-order valence-electron chi connectivity index (χ3n) is 5.32. The Balaban J connectivity index is 1.75. The summed E-state index contributed by atoms with van der Waals surface area (Å²) in [5.74, 6) is -0.266. The van der Waals surface area contributed by atoms with Gasteiger partial charge < -0.3 is 10.6 Å². The van der Waals surface area contributed by atoms with E-state index in [1.165, 1.54) is 18.3 Å². The fourth-order valence-corrected chi connectivity index (χ4v) is 3.74. The molecule has 0 aliphatic heterocycles. The highest BCUT2D eigenvalue weighted by Gasteiger charge is 2.26. The normalized spacial score (nSPS) is 12.0. The van der Waals surface area contributed by atoms with E-state index in [4.69, 9.17) is 5.73 Å². The first-order chi connectivity index (χ1) is 15.3. The number of nitrogens with two attached hydrogens (primary N) is 1. The lowest BCUT2D eigenvalue weighted by atomic mass is 10.1. The minimum atomic E-state index is -0.615. The van der Waals surface area contributed by atoms with Gasteiger partial charge in [-0.15, -0.1) is 0 Å². The van der Waals surface area contributed by atoms with E-state index in [0.717, 1.165) is 15.4 Å². The molecule has 0 aliphatic rings. The number of amides is 1. The van der Waals surface area contributed by atoms with Gasteiger partial charge in [0, 0.05) is 27.8 Å². The van der Waals surface area contributed by atoms with Gasteiger partial charge in [0.25, 0.3) is 5.91 Å². The van der Waals surface area contributed by atoms with Crippen molar-refractivity contribution in [2.45, 2.75) is 26.4 Å². The molecule has 1 unspecified atom stereocenters. The topological polar surface area (TPSA) is 85.0 Å². The summed E-state index contributed by atoms with van der Waals surface area (Å²) >= 11 is 3.37. The lowest BCUT2D eigenvalue weighted by Gasteiger charge is -2.29. The molecule has 0 saturated heterocycles. The lowest BCUT2D eigenvalue weighted by Crippen LogP contribution is -2.34. The van der Waals surface area contributed by atoms with E-state index in [1.807, 2.05) is 25.1 Å². The SMILES string of the molecule is Cc1cc2cc(C(=O)N(Cc3ccc(Br)cn3)C(C)c3ncccc3F)ccc2nc1N. The highest BCUT2D eigenvalue weighted by molar-refractivity contribution is 9.10. The highest BCUT2D eigenvalue weighted by atomic mass is 79.9. The van der Waals surface area contributed by atoms with Gasteiger partial charge in [-0.25, -0.2) is 9.37 Å². The van der Waals surface area contributed by atoms with E-state index in [1.54, 1.807) is 36.2 Å². The molecule has 8 heteroatoms. The molecule has 0 fully saturated rings. The number of halogens is 2. The fraction of sp³-hybridized carbons (Fsp3) is 0.167. The summed E-state index contributed by atoms with van der Waals surface area (Å²) in [4.78, 5) is 28.1. The maximum absolute atomic E-state index is 14.5. The second kappa shape index (κ2) is 9.00. The van der Waals surface area contributed by atoms with Gasteiger partial charge in [-0.2, -0.15) is 0 Å². The van der Waals surface area contributed by atoms with Crippen LogP contribution in [0.1, 0.15) is 40.3 Å². The Kier molecular flexibility index (Phi) is 6.14. The minimum absolute atomic E-state index is 0.195. The molecule has 162 valence electrons. The Labute approximate surface area is 193 Å². The molecule has 1 aromatic carbocycles. The smallest absolute Gasteiger partial charge is 0.254 e. The molecule has 3 aromatic heterocycles. The van der Waals surface area contributed by atoms with Crippen LogP contribution < -0.4 is 5.73 Å². The van der Waals surface area contributed by atoms with Gasteiger partial charge in [-0.05, 0) is 83.9 Å². The number of fused-ring (bicyclic) bond motifs is 1. The summed E-state index contributed by atoms with van der Waals surface area (Å²) in [6.07, 6.45) is 3.18. The van der Waals surface area contributed by atoms with Crippen LogP contribution in [0, 0.1) is 12.7 Å². The van der Waals surface area contributed by atoms with Crippen LogP contribution in [-0.2, 0) is 6.54 Å². The van der Waals surface area contributed by atoms with Crippen molar-refractivity contribution in [3.63, 3.8) is 0 Å². The molecule has 32 heavy (non-hydrogen) atoms. The first kappa shape index (κ1) is 21.8. The van der Waals surface area contributed by atoms with E-state index in [9.17, 15) is 9.18 Å². The maximum atomic E-state index is 14.5. The van der Waals surface area contributed by atoms with Crippen LogP contribution in [0.5, 0.6) is 0 Å². The Morgan fingerprint density at radius 2 is 2.00 bits per heavy atom. The van der Waals surface area contributed by atoms with Gasteiger partial charge >= 0.3 is 0 Å². The number of rotatable bonds is 5. The van der Waals surface area contributed by atoms with Crippen molar-refractivity contribution in [3.05, 3.63) is 93.7 Å². The number of anilines is 1. The molecule has 4 rings (SSSR count). The molecule has 0 saturated carbocycles. The molecule has 6 nitrogen and oxygen atoms in total. The summed E-state index contributed by atoms with van der Waals surface area (Å²) in [7, 11) is 0. The molecule has 0 bridgehead atoms. The highest BCUT2D eigenvalue weighted by Crippen LogP contribution is 2.27. The molecule has 4 aromatic rings. The molecule has 0 aliphatic carbocycles. The van der Waals surface area contributed by atoms with Crippen molar-refractivity contribution in [2.75, 3.05) is 5.73 Å². The van der Waals surface area contributed by atoms with E-state index >= 15 is 0 Å². The zero-order chi connectivity index (χ0) is 22.8. The quantitative estimate of drug-likeness (QED) is 0.411. The van der Waals surface area contributed by atoms with Crippen molar-refractivity contribution >= 4 is 38.6 Å². The standard InChI is InChI=1S/C24H21BrFN5O/c1-14-10-17-11-16(5-8-21(17)30-23(14)27)24(32)31(13-19-7-6-18(25)12-29-19)15(2)22-20(26)4-3-9-28-22/h3-12,15H,13H2,1-2H3,(H2,27,30). The van der Waals surface area contributed by atoms with Gasteiger partial charge in [0.2, 0.25) is 0 Å². The number of nitrogens with zero attached hydrogens (tertiary/aromatic N) is 4. The molecule has 2 N–H and O–H groups in total. The third-order valence-corrected chi connectivity index (χ3v) is 5.79. The van der Waals surface area contributed by atoms with E-state index < -0.39 is 11.9 Å². The summed E-state index contributed by atoms with van der Waals surface area (Å²) in [5.41, 5.74) is 8.78. The molecular weight excluding hydrogens is 473 g/mol. The van der Waals surface area contributed by atoms with Crippen LogP contribution >= 0.6 is 15.9 Å². The Hall–Kier alpha value is -3.39. The number of carbonyl (C=O) groups is 1. The van der Waals surface area contributed by atoms with Gasteiger partial charge in [0.05, 0.1) is 29.5 Å². The second-order valence-corrected chi connectivity index (χ2v) is 8.46. The summed E-state index contributed by atoms with van der Waals surface area (Å²) in [6, 6.07) is 13.1. The van der Waals surface area contributed by atoms with Crippen LogP contribution in [0.2, 0.25) is 0 Å². The van der Waals surface area contributed by atoms with E-state index in [-0.39, 0.29) is 18.1 Å². The molecule has 1 amide bonds. The van der Waals surface area contributed by atoms with Crippen LogP contribution in [0.15, 0.2) is 65.4 Å². The maximum Gasteiger partial charge on any atom is 0.254 e. The van der Waals surface area contributed by atoms with E-state index in [0.29, 0.717) is 22.6 Å². The van der Waals surface area contributed by atoms with E-state index in [2.05, 4.69) is 30.9 Å². The van der Waals surface area contributed by atoms with Crippen molar-refractivity contribution in [1.82, 2.24) is 19.9 Å². The average molecular weight is 494 g/mol. The van der Waals surface area contributed by atoms with Crippen molar-refractivity contribution in [1.29, 1.82) is 0 Å². The van der Waals surface area contributed by atoms with Crippen LogP contribution in [-0.4, -0.2) is 25.8 Å². The van der Waals surface area contributed by atoms with Gasteiger partial charge in [-0.1, -0.05) is 0 Å². The number of aryl methyl sites for hydroxylation is 1. The first-order valence-corrected chi connectivity index (χ1v) is 10.8. The zero-order valence-corrected chi connectivity index (χ0v) is 19.2. The van der Waals surface area contributed by atoms with Crippen LogP contribution in [0.25, 0.3) is 10.9 Å². The van der Waals surface area contributed by atoms with Gasteiger partial charge in [-0.3, -0.25) is 14.8 Å². The lowest BCUT2D eigenvalue weighted by molar-refractivity contribution is 0.0664.